The third kappa shape index (κ3) is 3.28. The van der Waals surface area contributed by atoms with E-state index in [0.717, 1.165) is 18.9 Å². The van der Waals surface area contributed by atoms with Crippen LogP contribution in [-0.4, -0.2) is 18.3 Å². The van der Waals surface area contributed by atoms with Gasteiger partial charge in [0.05, 0.1) is 5.69 Å². The number of benzene rings is 1. The second-order valence-electron chi connectivity index (χ2n) is 4.05. The van der Waals surface area contributed by atoms with Crippen LogP contribution in [-0.2, 0) is 0 Å². The quantitative estimate of drug-likeness (QED) is 0.817. The number of carbonyl (C=O) groups excluding carboxylic acids is 1. The minimum Gasteiger partial charge on any atom is -0.404 e. The summed E-state index contributed by atoms with van der Waals surface area (Å²) in [5.41, 5.74) is 5.40. The molecule has 1 aliphatic carbocycles. The van der Waals surface area contributed by atoms with E-state index < -0.39 is 12.1 Å². The zero-order valence-corrected chi connectivity index (χ0v) is 9.25. The zero-order chi connectivity index (χ0) is 13.3. The Bertz CT molecular complexity index is 470. The molecular weight excluding hydrogens is 249 g/mol. The van der Waals surface area contributed by atoms with Gasteiger partial charge >= 0.3 is 6.36 Å². The highest BCUT2D eigenvalue weighted by Gasteiger charge is 2.32. The van der Waals surface area contributed by atoms with Gasteiger partial charge in [0, 0.05) is 11.6 Å². The molecule has 1 fully saturated rings. The molecule has 1 amide bonds. The van der Waals surface area contributed by atoms with Crippen LogP contribution in [0.4, 0.5) is 18.9 Å². The first-order chi connectivity index (χ1) is 8.35. The molecule has 1 saturated carbocycles. The summed E-state index contributed by atoms with van der Waals surface area (Å²) < 4.78 is 39.7. The van der Waals surface area contributed by atoms with Gasteiger partial charge in [-0.05, 0) is 31.0 Å². The maximum Gasteiger partial charge on any atom is 0.573 e. The Morgan fingerprint density at radius 3 is 2.56 bits per heavy atom. The molecule has 0 spiro atoms. The number of nitrogens with two attached hydrogens (primary N) is 1. The summed E-state index contributed by atoms with van der Waals surface area (Å²) in [6.07, 6.45) is -2.95. The van der Waals surface area contributed by atoms with Crippen LogP contribution in [0.25, 0.3) is 0 Å². The highest BCUT2D eigenvalue weighted by atomic mass is 19.4. The van der Waals surface area contributed by atoms with Gasteiger partial charge < -0.3 is 15.8 Å². The average Bonchev–Trinajstić information content (AvgIpc) is 3.03. The fourth-order valence-corrected chi connectivity index (χ4v) is 1.40. The summed E-state index contributed by atoms with van der Waals surface area (Å²) in [5, 5.41) is 2.71. The van der Waals surface area contributed by atoms with Crippen molar-refractivity contribution in [1.29, 1.82) is 0 Å². The molecule has 0 bridgehead atoms. The molecule has 98 valence electrons. The molecule has 1 aromatic carbocycles. The number of halogens is 3. The Labute approximate surface area is 101 Å². The van der Waals surface area contributed by atoms with Gasteiger partial charge in [0.1, 0.15) is 0 Å². The standard InChI is InChI=1S/C11H11F3N2O2/c12-11(13,14)18-9-4-1-6(5-8(9)15)10(17)16-7-2-3-7/h1,4-5,7H,2-3,15H2,(H,16,17). The maximum absolute atomic E-state index is 12.0. The van der Waals surface area contributed by atoms with E-state index in [1.165, 1.54) is 12.1 Å². The number of ether oxygens (including phenoxy) is 1. The molecule has 0 aromatic heterocycles. The molecule has 0 atom stereocenters. The summed E-state index contributed by atoms with van der Waals surface area (Å²) in [6, 6.07) is 3.61. The summed E-state index contributed by atoms with van der Waals surface area (Å²) in [4.78, 5) is 11.6. The Morgan fingerprint density at radius 2 is 2.06 bits per heavy atom. The van der Waals surface area contributed by atoms with E-state index in [2.05, 4.69) is 10.1 Å². The van der Waals surface area contributed by atoms with Crippen molar-refractivity contribution in [1.82, 2.24) is 5.32 Å². The Kier molecular flexibility index (Phi) is 3.06. The van der Waals surface area contributed by atoms with Gasteiger partial charge in [-0.15, -0.1) is 13.2 Å². The molecule has 1 aromatic rings. The van der Waals surface area contributed by atoms with Crippen LogP contribution >= 0.6 is 0 Å². The molecule has 0 aliphatic heterocycles. The number of nitrogens with one attached hydrogen (secondary N) is 1. The lowest BCUT2D eigenvalue weighted by atomic mass is 10.1. The molecule has 0 radical (unpaired) electrons. The van der Waals surface area contributed by atoms with Crippen LogP contribution in [0, 0.1) is 0 Å². The van der Waals surface area contributed by atoms with Gasteiger partial charge in [-0.2, -0.15) is 0 Å². The number of anilines is 1. The van der Waals surface area contributed by atoms with Crippen molar-refractivity contribution in [2.75, 3.05) is 5.73 Å². The SMILES string of the molecule is Nc1cc(C(=O)NC2CC2)ccc1OC(F)(F)F. The molecule has 18 heavy (non-hydrogen) atoms. The predicted octanol–water partition coefficient (Wildman–Crippen LogP) is 2.06. The topological polar surface area (TPSA) is 64.4 Å². The number of nitrogen functional groups attached to an aromatic ring is 1. The van der Waals surface area contributed by atoms with Crippen molar-refractivity contribution in [2.45, 2.75) is 25.2 Å². The lowest BCUT2D eigenvalue weighted by Gasteiger charge is -2.12. The van der Waals surface area contributed by atoms with E-state index in [4.69, 9.17) is 5.73 Å². The van der Waals surface area contributed by atoms with Gasteiger partial charge in [0.15, 0.2) is 5.75 Å². The van der Waals surface area contributed by atoms with E-state index in [-0.39, 0.29) is 23.2 Å². The van der Waals surface area contributed by atoms with Crippen molar-refractivity contribution in [3.8, 4) is 5.75 Å². The summed E-state index contributed by atoms with van der Waals surface area (Å²) in [6.45, 7) is 0. The highest BCUT2D eigenvalue weighted by molar-refractivity contribution is 5.95. The lowest BCUT2D eigenvalue weighted by Crippen LogP contribution is -2.25. The van der Waals surface area contributed by atoms with Crippen LogP contribution in [0.5, 0.6) is 5.75 Å². The van der Waals surface area contributed by atoms with Crippen LogP contribution in [0.2, 0.25) is 0 Å². The zero-order valence-electron chi connectivity index (χ0n) is 9.25. The number of alkyl halides is 3. The van der Waals surface area contributed by atoms with Crippen molar-refractivity contribution in [3.63, 3.8) is 0 Å². The molecule has 0 saturated heterocycles. The van der Waals surface area contributed by atoms with E-state index in [9.17, 15) is 18.0 Å². The first-order valence-electron chi connectivity index (χ1n) is 5.31. The summed E-state index contributed by atoms with van der Waals surface area (Å²) >= 11 is 0. The van der Waals surface area contributed by atoms with Gasteiger partial charge in [0.25, 0.3) is 5.91 Å². The number of hydrogen-bond acceptors (Lipinski definition) is 3. The summed E-state index contributed by atoms with van der Waals surface area (Å²) in [7, 11) is 0. The number of hydrogen-bond donors (Lipinski definition) is 2. The van der Waals surface area contributed by atoms with Gasteiger partial charge in [-0.25, -0.2) is 0 Å². The molecule has 0 heterocycles. The number of amides is 1. The van der Waals surface area contributed by atoms with Crippen LogP contribution in [0.1, 0.15) is 23.2 Å². The van der Waals surface area contributed by atoms with E-state index in [0.29, 0.717) is 0 Å². The second kappa shape index (κ2) is 4.40. The Balaban J connectivity index is 2.10. The lowest BCUT2D eigenvalue weighted by molar-refractivity contribution is -0.274. The van der Waals surface area contributed by atoms with Gasteiger partial charge in [-0.3, -0.25) is 4.79 Å². The first kappa shape index (κ1) is 12.5. The molecule has 3 N–H and O–H groups in total. The minimum atomic E-state index is -4.80. The van der Waals surface area contributed by atoms with Crippen molar-refractivity contribution in [2.24, 2.45) is 0 Å². The van der Waals surface area contributed by atoms with E-state index in [1.807, 2.05) is 0 Å². The monoisotopic (exact) mass is 260 g/mol. The molecule has 0 unspecified atom stereocenters. The fourth-order valence-electron chi connectivity index (χ4n) is 1.40. The third-order valence-corrected chi connectivity index (χ3v) is 2.41. The third-order valence-electron chi connectivity index (χ3n) is 2.41. The smallest absolute Gasteiger partial charge is 0.404 e. The number of carbonyl (C=O) groups is 1. The molecule has 2 rings (SSSR count). The van der Waals surface area contributed by atoms with Crippen molar-refractivity contribution in [3.05, 3.63) is 23.8 Å². The minimum absolute atomic E-state index is 0.171. The number of rotatable bonds is 3. The average molecular weight is 260 g/mol. The first-order valence-corrected chi connectivity index (χ1v) is 5.31. The molecular formula is C11H11F3N2O2. The largest absolute Gasteiger partial charge is 0.573 e. The normalized spacial score (nSPS) is 15.3. The van der Waals surface area contributed by atoms with Gasteiger partial charge in [0.2, 0.25) is 0 Å². The van der Waals surface area contributed by atoms with E-state index in [1.54, 1.807) is 0 Å². The van der Waals surface area contributed by atoms with Gasteiger partial charge in [-0.1, -0.05) is 0 Å². The van der Waals surface area contributed by atoms with Crippen molar-refractivity contribution < 1.29 is 22.7 Å². The van der Waals surface area contributed by atoms with Crippen LogP contribution in [0.3, 0.4) is 0 Å². The highest BCUT2D eigenvalue weighted by Crippen LogP contribution is 2.29. The predicted molar refractivity (Wildman–Crippen MR) is 58.0 cm³/mol. The van der Waals surface area contributed by atoms with Crippen LogP contribution in [0.15, 0.2) is 18.2 Å². The Hall–Kier alpha value is -1.92. The Morgan fingerprint density at radius 1 is 1.39 bits per heavy atom. The van der Waals surface area contributed by atoms with Crippen LogP contribution < -0.4 is 15.8 Å². The fraction of sp³-hybridized carbons (Fsp3) is 0.364. The molecule has 7 heteroatoms. The molecule has 1 aliphatic rings. The van der Waals surface area contributed by atoms with Crippen molar-refractivity contribution >= 4 is 11.6 Å². The van der Waals surface area contributed by atoms with E-state index >= 15 is 0 Å². The summed E-state index contributed by atoms with van der Waals surface area (Å²) in [5.74, 6) is -0.853. The second-order valence-corrected chi connectivity index (χ2v) is 4.05. The molecule has 4 nitrogen and oxygen atoms in total. The maximum atomic E-state index is 12.0.